The minimum atomic E-state index is -4.65. The number of alkyl halides is 3. The summed E-state index contributed by atoms with van der Waals surface area (Å²) in [4.78, 5) is 49.4. The average molecular weight is 585 g/mol. The topological polar surface area (TPSA) is 100 Å². The van der Waals surface area contributed by atoms with Crippen molar-refractivity contribution in [2.24, 2.45) is 7.05 Å². The third kappa shape index (κ3) is 6.56. The van der Waals surface area contributed by atoms with E-state index >= 15 is 0 Å². The zero-order valence-electron chi connectivity index (χ0n) is 23.0. The van der Waals surface area contributed by atoms with Gasteiger partial charge in [0.1, 0.15) is 18.2 Å². The average Bonchev–Trinajstić information content (AvgIpc) is 3.38. The number of amides is 3. The van der Waals surface area contributed by atoms with E-state index in [2.05, 4.69) is 10.3 Å². The molecule has 1 atom stereocenters. The van der Waals surface area contributed by atoms with E-state index in [0.717, 1.165) is 18.2 Å². The smallest absolute Gasteiger partial charge is 0.416 e. The number of hydrogen-bond acceptors (Lipinski definition) is 6. The number of benzene rings is 2. The lowest BCUT2D eigenvalue weighted by Crippen LogP contribution is -2.60. The molecule has 1 N–H and O–H groups in total. The summed E-state index contributed by atoms with van der Waals surface area (Å²) in [5, 5.41) is 2.66. The number of ether oxygens (including phenoxy) is 1. The summed E-state index contributed by atoms with van der Waals surface area (Å²) in [5.74, 6) is -0.445. The molecule has 222 valence electrons. The van der Waals surface area contributed by atoms with Gasteiger partial charge in [-0.15, -0.1) is 0 Å². The largest absolute Gasteiger partial charge is 0.491 e. The first kappa shape index (κ1) is 29.1. The van der Waals surface area contributed by atoms with Crippen molar-refractivity contribution in [2.45, 2.75) is 18.8 Å². The summed E-state index contributed by atoms with van der Waals surface area (Å²) < 4.78 is 48.3. The van der Waals surface area contributed by atoms with Crippen molar-refractivity contribution in [1.82, 2.24) is 29.6 Å². The van der Waals surface area contributed by atoms with Crippen LogP contribution in [0.4, 0.5) is 13.2 Å². The summed E-state index contributed by atoms with van der Waals surface area (Å²) in [7, 11) is 1.83. The number of aryl methyl sites for hydroxylation is 1. The molecule has 5 rings (SSSR count). The molecule has 0 aliphatic carbocycles. The van der Waals surface area contributed by atoms with Crippen LogP contribution in [0.2, 0.25) is 0 Å². The number of carbonyl (C=O) groups is 3. The Labute approximate surface area is 240 Å². The second-order valence-corrected chi connectivity index (χ2v) is 10.3. The molecule has 3 heterocycles. The number of halogens is 3. The van der Waals surface area contributed by atoms with Crippen LogP contribution in [0.3, 0.4) is 0 Å². The number of imidazole rings is 1. The monoisotopic (exact) mass is 584 g/mol. The Morgan fingerprint density at radius 1 is 1.10 bits per heavy atom. The van der Waals surface area contributed by atoms with Crippen LogP contribution in [0, 0.1) is 0 Å². The van der Waals surface area contributed by atoms with Crippen molar-refractivity contribution in [3.63, 3.8) is 0 Å². The molecule has 0 radical (unpaired) electrons. The Balaban J connectivity index is 1.45. The first-order valence-corrected chi connectivity index (χ1v) is 13.5. The highest BCUT2D eigenvalue weighted by Crippen LogP contribution is 2.33. The molecule has 3 aromatic rings. The maximum Gasteiger partial charge on any atom is 0.416 e. The predicted octanol–water partition coefficient (Wildman–Crippen LogP) is 2.42. The van der Waals surface area contributed by atoms with E-state index in [1.165, 1.54) is 0 Å². The number of hydrogen-bond donors (Lipinski definition) is 1. The number of nitrogens with one attached hydrogen (secondary N) is 1. The number of fused-ring (bicyclic) bond motifs is 2. The number of aromatic nitrogens is 2. The van der Waals surface area contributed by atoms with Gasteiger partial charge in [-0.3, -0.25) is 19.3 Å². The highest BCUT2D eigenvalue weighted by Gasteiger charge is 2.36. The van der Waals surface area contributed by atoms with E-state index < -0.39 is 23.7 Å². The van der Waals surface area contributed by atoms with Gasteiger partial charge in [-0.25, -0.2) is 4.98 Å². The summed E-state index contributed by atoms with van der Waals surface area (Å²) in [6, 6.07) is 10.9. The zero-order valence-corrected chi connectivity index (χ0v) is 23.0. The van der Waals surface area contributed by atoms with Gasteiger partial charge in [0.25, 0.3) is 11.8 Å². The molecular weight excluding hydrogens is 553 g/mol. The SMILES string of the molecule is Cn1ccnc1CN1CCNC(=O)c2cc(C(F)(F)F)ccc2OC[C@@H]2CN(C(=O)c3ccccc3)CCN2C(=O)C1. The van der Waals surface area contributed by atoms with Gasteiger partial charge in [-0.1, -0.05) is 18.2 Å². The molecule has 1 saturated heterocycles. The molecule has 2 aliphatic rings. The number of nitrogens with zero attached hydrogens (tertiary/aromatic N) is 5. The molecule has 1 fully saturated rings. The molecule has 3 amide bonds. The summed E-state index contributed by atoms with van der Waals surface area (Å²) in [5.41, 5.74) is -0.730. The Morgan fingerprint density at radius 2 is 1.88 bits per heavy atom. The normalized spacial score (nSPS) is 19.0. The van der Waals surface area contributed by atoms with Gasteiger partial charge in [0.15, 0.2) is 0 Å². The van der Waals surface area contributed by atoms with Crippen molar-refractivity contribution in [1.29, 1.82) is 0 Å². The van der Waals surface area contributed by atoms with Gasteiger partial charge < -0.3 is 24.4 Å². The second kappa shape index (κ2) is 12.2. The molecule has 13 heteroatoms. The van der Waals surface area contributed by atoms with Gasteiger partial charge in [-0.2, -0.15) is 13.2 Å². The van der Waals surface area contributed by atoms with E-state index in [1.54, 1.807) is 46.5 Å². The Morgan fingerprint density at radius 3 is 2.60 bits per heavy atom. The summed E-state index contributed by atoms with van der Waals surface area (Å²) in [6.07, 6.45) is -1.23. The molecule has 0 bridgehead atoms. The first-order chi connectivity index (χ1) is 20.1. The molecule has 10 nitrogen and oxygen atoms in total. The standard InChI is InChI=1S/C29H31F3N6O4/c1-35-11-9-33-25(35)17-36-12-10-34-27(40)23-15-21(29(30,31)32)7-8-24(23)42-19-22-16-37(13-14-38(22)26(39)18-36)28(41)20-5-3-2-4-6-20/h2-9,11,15,22H,10,12-14,16-19H2,1H3,(H,34,40)/t22-/m0/s1. The second-order valence-electron chi connectivity index (χ2n) is 10.3. The van der Waals surface area contributed by atoms with Crippen LogP contribution in [-0.4, -0.2) is 93.9 Å². The molecular formula is C29H31F3N6O4. The maximum atomic E-state index is 13.7. The van der Waals surface area contributed by atoms with Crippen LogP contribution >= 0.6 is 0 Å². The number of rotatable bonds is 3. The first-order valence-electron chi connectivity index (χ1n) is 13.5. The molecule has 2 aliphatic heterocycles. The van der Waals surface area contributed by atoms with E-state index in [9.17, 15) is 27.6 Å². The van der Waals surface area contributed by atoms with Crippen molar-refractivity contribution in [3.8, 4) is 5.75 Å². The fourth-order valence-electron chi connectivity index (χ4n) is 5.14. The Hall–Kier alpha value is -4.39. The third-order valence-corrected chi connectivity index (χ3v) is 7.45. The van der Waals surface area contributed by atoms with Crippen molar-refractivity contribution >= 4 is 17.7 Å². The van der Waals surface area contributed by atoms with E-state index in [-0.39, 0.29) is 62.5 Å². The van der Waals surface area contributed by atoms with E-state index in [1.807, 2.05) is 22.6 Å². The lowest BCUT2D eigenvalue weighted by molar-refractivity contribution is -0.138. The molecule has 0 spiro atoms. The Kier molecular flexibility index (Phi) is 8.48. The van der Waals surface area contributed by atoms with Crippen molar-refractivity contribution in [2.75, 3.05) is 45.9 Å². The van der Waals surface area contributed by atoms with E-state index in [0.29, 0.717) is 24.5 Å². The lowest BCUT2D eigenvalue weighted by Gasteiger charge is -2.42. The van der Waals surface area contributed by atoms with Gasteiger partial charge in [0.2, 0.25) is 5.91 Å². The quantitative estimate of drug-likeness (QED) is 0.508. The highest BCUT2D eigenvalue weighted by molar-refractivity contribution is 5.97. The van der Waals surface area contributed by atoms with Crippen molar-refractivity contribution < 1.29 is 32.3 Å². The van der Waals surface area contributed by atoms with Crippen molar-refractivity contribution in [3.05, 3.63) is 83.4 Å². The minimum absolute atomic E-state index is 0.0109. The van der Waals surface area contributed by atoms with Crippen LogP contribution in [0.1, 0.15) is 32.1 Å². The predicted molar refractivity (Wildman–Crippen MR) is 146 cm³/mol. The van der Waals surface area contributed by atoms with Crippen LogP contribution in [0.15, 0.2) is 60.9 Å². The lowest BCUT2D eigenvalue weighted by atomic mass is 10.1. The van der Waals surface area contributed by atoms with Crippen LogP contribution < -0.4 is 10.1 Å². The summed E-state index contributed by atoms with van der Waals surface area (Å²) in [6.45, 7) is 1.23. The molecule has 1 aromatic heterocycles. The van der Waals surface area contributed by atoms with E-state index in [4.69, 9.17) is 4.74 Å². The molecule has 0 unspecified atom stereocenters. The fraction of sp³-hybridized carbons (Fsp3) is 0.379. The van der Waals surface area contributed by atoms with Gasteiger partial charge >= 0.3 is 6.18 Å². The summed E-state index contributed by atoms with van der Waals surface area (Å²) >= 11 is 0. The number of piperazine rings is 1. The fourth-order valence-corrected chi connectivity index (χ4v) is 5.14. The zero-order chi connectivity index (χ0) is 29.9. The highest BCUT2D eigenvalue weighted by atomic mass is 19.4. The molecule has 0 saturated carbocycles. The van der Waals surface area contributed by atoms with Crippen LogP contribution in [0.5, 0.6) is 5.75 Å². The molecule has 42 heavy (non-hydrogen) atoms. The Bertz CT molecular complexity index is 1440. The number of carbonyl (C=O) groups excluding carboxylic acids is 3. The maximum absolute atomic E-state index is 13.7. The van der Waals surface area contributed by atoms with Crippen LogP contribution in [-0.2, 0) is 24.6 Å². The molecule has 2 aromatic carbocycles. The minimum Gasteiger partial charge on any atom is -0.491 e. The van der Waals surface area contributed by atoms with Gasteiger partial charge in [0, 0.05) is 57.7 Å². The van der Waals surface area contributed by atoms with Gasteiger partial charge in [0.05, 0.1) is 30.3 Å². The van der Waals surface area contributed by atoms with Gasteiger partial charge in [-0.05, 0) is 30.3 Å². The third-order valence-electron chi connectivity index (χ3n) is 7.45. The van der Waals surface area contributed by atoms with Crippen LogP contribution in [0.25, 0.3) is 0 Å².